The number of halogens is 1. The highest BCUT2D eigenvalue weighted by Crippen LogP contribution is 2.23. The summed E-state index contributed by atoms with van der Waals surface area (Å²) in [6.45, 7) is -0.148. The van der Waals surface area contributed by atoms with Crippen LogP contribution in [0, 0.1) is 0 Å². The van der Waals surface area contributed by atoms with E-state index in [2.05, 4.69) is 14.9 Å². The van der Waals surface area contributed by atoms with Crippen LogP contribution >= 0.6 is 11.6 Å². The molecule has 0 amide bonds. The van der Waals surface area contributed by atoms with Crippen LogP contribution in [-0.2, 0) is 16.6 Å². The van der Waals surface area contributed by atoms with Crippen molar-refractivity contribution in [1.82, 2.24) is 14.9 Å². The highest BCUT2D eigenvalue weighted by atomic mass is 35.5. The van der Waals surface area contributed by atoms with Crippen molar-refractivity contribution in [3.63, 3.8) is 0 Å². The number of sulfonamides is 1. The molecule has 3 aromatic rings. The van der Waals surface area contributed by atoms with E-state index in [1.165, 1.54) is 12.1 Å². The quantitative estimate of drug-likeness (QED) is 0.707. The Morgan fingerprint density at radius 1 is 1.16 bits per heavy atom. The van der Waals surface area contributed by atoms with Crippen LogP contribution in [0.15, 0.2) is 57.8 Å². The van der Waals surface area contributed by atoms with Crippen LogP contribution in [0.1, 0.15) is 5.89 Å². The molecule has 0 atom stereocenters. The lowest BCUT2D eigenvalue weighted by Crippen LogP contribution is -2.23. The topological polar surface area (TPSA) is 94.3 Å². The van der Waals surface area contributed by atoms with E-state index in [0.717, 1.165) is 0 Å². The van der Waals surface area contributed by atoms with E-state index in [9.17, 15) is 8.42 Å². The van der Waals surface area contributed by atoms with Crippen molar-refractivity contribution in [3.8, 4) is 17.2 Å². The van der Waals surface area contributed by atoms with Gasteiger partial charge < -0.3 is 9.15 Å². The molecule has 0 bridgehead atoms. The van der Waals surface area contributed by atoms with Gasteiger partial charge in [0.1, 0.15) is 10.6 Å². The third kappa shape index (κ3) is 3.98. The van der Waals surface area contributed by atoms with Gasteiger partial charge in [-0.05, 0) is 30.3 Å². The van der Waals surface area contributed by atoms with E-state index in [4.69, 9.17) is 20.8 Å². The predicted molar refractivity (Wildman–Crippen MR) is 91.8 cm³/mol. The fourth-order valence-corrected chi connectivity index (χ4v) is 3.59. The molecule has 0 aliphatic rings. The first kappa shape index (κ1) is 17.4. The van der Waals surface area contributed by atoms with E-state index in [-0.39, 0.29) is 28.2 Å². The summed E-state index contributed by atoms with van der Waals surface area (Å²) < 4.78 is 37.6. The van der Waals surface area contributed by atoms with E-state index in [1.54, 1.807) is 43.5 Å². The van der Waals surface area contributed by atoms with Gasteiger partial charge in [0.25, 0.3) is 0 Å². The molecule has 1 aromatic heterocycles. The summed E-state index contributed by atoms with van der Waals surface area (Å²) in [6.07, 6.45) is 0. The van der Waals surface area contributed by atoms with Crippen molar-refractivity contribution in [2.24, 2.45) is 0 Å². The molecular formula is C16H14ClN3O4S. The zero-order valence-corrected chi connectivity index (χ0v) is 14.7. The molecule has 0 aliphatic carbocycles. The molecule has 2 aromatic carbocycles. The van der Waals surface area contributed by atoms with Crippen molar-refractivity contribution in [2.45, 2.75) is 11.4 Å². The second-order valence-electron chi connectivity index (χ2n) is 4.99. The molecule has 7 nitrogen and oxygen atoms in total. The first-order valence-electron chi connectivity index (χ1n) is 7.20. The number of aromatic nitrogens is 2. The number of hydrogen-bond acceptors (Lipinski definition) is 6. The fraction of sp³-hybridized carbons (Fsp3) is 0.125. The van der Waals surface area contributed by atoms with Crippen LogP contribution < -0.4 is 9.46 Å². The highest BCUT2D eigenvalue weighted by Gasteiger charge is 2.18. The van der Waals surface area contributed by atoms with Gasteiger partial charge in [0.05, 0.1) is 18.7 Å². The van der Waals surface area contributed by atoms with Gasteiger partial charge in [-0.15, -0.1) is 10.2 Å². The second-order valence-corrected chi connectivity index (χ2v) is 7.13. The standard InChI is InChI=1S/C16H14ClN3O4S/c1-23-12-6-4-5-11(9-12)16-20-19-15(24-16)10-18-25(21,22)14-8-3-2-7-13(14)17/h2-9,18H,10H2,1H3. The summed E-state index contributed by atoms with van der Waals surface area (Å²) in [5.74, 6) is 1.05. The molecule has 130 valence electrons. The van der Waals surface area contributed by atoms with Crippen molar-refractivity contribution >= 4 is 21.6 Å². The molecule has 0 aliphatic heterocycles. The van der Waals surface area contributed by atoms with Gasteiger partial charge >= 0.3 is 0 Å². The lowest BCUT2D eigenvalue weighted by molar-refractivity contribution is 0.414. The number of methoxy groups -OCH3 is 1. The third-order valence-electron chi connectivity index (χ3n) is 3.32. The number of rotatable bonds is 6. The van der Waals surface area contributed by atoms with Gasteiger partial charge in [-0.3, -0.25) is 0 Å². The second kappa shape index (κ2) is 7.22. The zero-order chi connectivity index (χ0) is 17.9. The van der Waals surface area contributed by atoms with E-state index in [1.807, 2.05) is 0 Å². The van der Waals surface area contributed by atoms with Crippen LogP contribution in [0.2, 0.25) is 5.02 Å². The number of ether oxygens (including phenoxy) is 1. The van der Waals surface area contributed by atoms with E-state index in [0.29, 0.717) is 11.3 Å². The van der Waals surface area contributed by atoms with Crippen molar-refractivity contribution in [1.29, 1.82) is 0 Å². The Morgan fingerprint density at radius 2 is 1.96 bits per heavy atom. The molecule has 0 saturated carbocycles. The maximum atomic E-state index is 12.3. The molecule has 1 N–H and O–H groups in total. The molecule has 1 heterocycles. The number of hydrogen-bond donors (Lipinski definition) is 1. The predicted octanol–water partition coefficient (Wildman–Crippen LogP) is 2.88. The molecule has 0 fully saturated rings. The van der Waals surface area contributed by atoms with Gasteiger partial charge in [-0.1, -0.05) is 29.8 Å². The van der Waals surface area contributed by atoms with Crippen LogP contribution in [0.3, 0.4) is 0 Å². The largest absolute Gasteiger partial charge is 0.497 e. The minimum atomic E-state index is -3.78. The summed E-state index contributed by atoms with van der Waals surface area (Å²) in [5, 5.41) is 7.91. The number of benzene rings is 2. The first-order chi connectivity index (χ1) is 12.0. The Bertz CT molecular complexity index is 988. The smallest absolute Gasteiger partial charge is 0.247 e. The average molecular weight is 380 g/mol. The molecule has 0 unspecified atom stereocenters. The van der Waals surface area contributed by atoms with E-state index >= 15 is 0 Å². The summed E-state index contributed by atoms with van der Waals surface area (Å²) in [5.41, 5.74) is 0.673. The molecule has 0 radical (unpaired) electrons. The first-order valence-corrected chi connectivity index (χ1v) is 9.07. The summed E-state index contributed by atoms with van der Waals surface area (Å²) in [7, 11) is -2.23. The van der Waals surface area contributed by atoms with Crippen molar-refractivity contribution in [3.05, 3.63) is 59.4 Å². The van der Waals surface area contributed by atoms with Gasteiger partial charge in [0, 0.05) is 5.56 Å². The van der Waals surface area contributed by atoms with Gasteiger partial charge in [-0.2, -0.15) is 0 Å². The van der Waals surface area contributed by atoms with Crippen molar-refractivity contribution < 1.29 is 17.6 Å². The maximum absolute atomic E-state index is 12.3. The minimum Gasteiger partial charge on any atom is -0.497 e. The minimum absolute atomic E-state index is 0.01000. The normalized spacial score (nSPS) is 11.4. The number of nitrogens with one attached hydrogen (secondary N) is 1. The Kier molecular flexibility index (Phi) is 5.03. The molecule has 0 saturated heterocycles. The zero-order valence-electron chi connectivity index (χ0n) is 13.1. The molecule has 0 spiro atoms. The lowest BCUT2D eigenvalue weighted by atomic mass is 10.2. The summed E-state index contributed by atoms with van der Waals surface area (Å²) in [6, 6.07) is 13.3. The summed E-state index contributed by atoms with van der Waals surface area (Å²) in [4.78, 5) is -0.01000. The molecule has 3 rings (SSSR count). The molecule has 25 heavy (non-hydrogen) atoms. The third-order valence-corrected chi connectivity index (χ3v) is 5.22. The lowest BCUT2D eigenvalue weighted by Gasteiger charge is -2.06. The van der Waals surface area contributed by atoms with Crippen LogP contribution in [0.5, 0.6) is 5.75 Å². The Hall–Kier alpha value is -2.42. The van der Waals surface area contributed by atoms with Crippen LogP contribution in [-0.4, -0.2) is 25.7 Å². The Morgan fingerprint density at radius 3 is 2.72 bits per heavy atom. The van der Waals surface area contributed by atoms with Gasteiger partial charge in [-0.25, -0.2) is 13.1 Å². The van der Waals surface area contributed by atoms with Gasteiger partial charge in [0.2, 0.25) is 21.8 Å². The highest BCUT2D eigenvalue weighted by molar-refractivity contribution is 7.89. The van der Waals surface area contributed by atoms with Crippen LogP contribution in [0.4, 0.5) is 0 Å². The van der Waals surface area contributed by atoms with Crippen LogP contribution in [0.25, 0.3) is 11.5 Å². The van der Waals surface area contributed by atoms with Crippen molar-refractivity contribution in [2.75, 3.05) is 7.11 Å². The Balaban J connectivity index is 1.75. The molecular weight excluding hydrogens is 366 g/mol. The summed E-state index contributed by atoms with van der Waals surface area (Å²) >= 11 is 5.92. The average Bonchev–Trinajstić information content (AvgIpc) is 3.09. The monoisotopic (exact) mass is 379 g/mol. The number of nitrogens with zero attached hydrogens (tertiary/aromatic N) is 2. The maximum Gasteiger partial charge on any atom is 0.247 e. The fourth-order valence-electron chi connectivity index (χ4n) is 2.09. The van der Waals surface area contributed by atoms with Gasteiger partial charge in [0.15, 0.2) is 0 Å². The Labute approximate surface area is 149 Å². The molecule has 9 heteroatoms. The SMILES string of the molecule is COc1cccc(-c2nnc(CNS(=O)(=O)c3ccccc3Cl)o2)c1. The van der Waals surface area contributed by atoms with E-state index < -0.39 is 10.0 Å².